The van der Waals surface area contributed by atoms with Crippen LogP contribution in [0.1, 0.15) is 29.3 Å². The Hall–Kier alpha value is -0.743. The molecule has 1 rings (SSSR count). The van der Waals surface area contributed by atoms with E-state index in [1.807, 2.05) is 5.70 Å². The monoisotopic (exact) mass is 305 g/mol. The molecule has 0 saturated heterocycles. The van der Waals surface area contributed by atoms with Crippen molar-refractivity contribution in [1.29, 1.82) is 0 Å². The largest absolute Gasteiger partial charge is 0.416 e. The van der Waals surface area contributed by atoms with Crippen LogP contribution in [0.2, 0.25) is 12.6 Å². The minimum absolute atomic E-state index is 0.359. The van der Waals surface area contributed by atoms with Crippen LogP contribution in [0.4, 0.5) is 13.2 Å². The van der Waals surface area contributed by atoms with Crippen molar-refractivity contribution >= 4 is 20.4 Å². The van der Waals surface area contributed by atoms with Crippen molar-refractivity contribution in [2.75, 3.05) is 0 Å². The zero-order valence-electron chi connectivity index (χ0n) is 10.8. The number of hydrogen-bond donors (Lipinski definition) is 0. The topological polar surface area (TPSA) is 0 Å². The van der Waals surface area contributed by atoms with Gasteiger partial charge in [-0.15, -0.1) is 23.9 Å². The number of hydrogen-bond acceptors (Lipinski definition) is 0. The number of halogens is 4. The van der Waals surface area contributed by atoms with Gasteiger partial charge in [-0.2, -0.15) is 13.2 Å². The lowest BCUT2D eigenvalue weighted by molar-refractivity contribution is -0.137. The van der Waals surface area contributed by atoms with Crippen molar-refractivity contribution in [3.8, 4) is 0 Å². The maximum absolute atomic E-state index is 12.6. The smallest absolute Gasteiger partial charge is 0.166 e. The fraction of sp³-hybridized carbons (Fsp3) is 0.429. The Morgan fingerprint density at radius 1 is 1.42 bits per heavy atom. The third-order valence-corrected chi connectivity index (χ3v) is 5.26. The highest BCUT2D eigenvalue weighted by molar-refractivity contribution is 6.62. The lowest BCUT2D eigenvalue weighted by Gasteiger charge is -2.13. The first-order valence-electron chi connectivity index (χ1n) is 6.10. The molecule has 0 heterocycles. The lowest BCUT2D eigenvalue weighted by Crippen LogP contribution is -2.06. The molecule has 0 N–H and O–H groups in total. The van der Waals surface area contributed by atoms with E-state index in [0.717, 1.165) is 24.6 Å². The van der Waals surface area contributed by atoms with E-state index in [1.165, 1.54) is 6.07 Å². The van der Waals surface area contributed by atoms with Crippen molar-refractivity contribution < 1.29 is 13.2 Å². The van der Waals surface area contributed by atoms with Crippen LogP contribution in [0.5, 0.6) is 0 Å². The summed E-state index contributed by atoms with van der Waals surface area (Å²) in [5.41, 5.74) is 1.88. The molecule has 0 amide bonds. The molecule has 5 heteroatoms. The van der Waals surface area contributed by atoms with Gasteiger partial charge in [0.1, 0.15) is 0 Å². The minimum atomic E-state index is -4.31. The van der Waals surface area contributed by atoms with Crippen LogP contribution < -0.4 is 0 Å². The zero-order chi connectivity index (χ0) is 14.5. The zero-order valence-corrected chi connectivity index (χ0v) is 12.6. The number of alkyl halides is 4. The summed E-state index contributed by atoms with van der Waals surface area (Å²) in [5.74, 6) is 0. The normalized spacial score (nSPS) is 13.6. The van der Waals surface area contributed by atoms with Crippen molar-refractivity contribution in [2.45, 2.75) is 37.0 Å². The van der Waals surface area contributed by atoms with Gasteiger partial charge in [-0.25, -0.2) is 0 Å². The molecule has 0 nitrogen and oxygen atoms in total. The molecule has 0 aliphatic heterocycles. The van der Waals surface area contributed by atoms with Crippen LogP contribution in [0.3, 0.4) is 0 Å². The Morgan fingerprint density at radius 2 is 2.11 bits per heavy atom. The average Bonchev–Trinajstić information content (AvgIpc) is 2.37. The van der Waals surface area contributed by atoms with E-state index >= 15 is 0 Å². The second-order valence-electron chi connectivity index (χ2n) is 4.53. The first-order chi connectivity index (χ1) is 8.84. The highest BCUT2D eigenvalue weighted by Gasteiger charge is 2.30. The van der Waals surface area contributed by atoms with Gasteiger partial charge in [0, 0.05) is 0 Å². The van der Waals surface area contributed by atoms with Gasteiger partial charge in [-0.1, -0.05) is 37.2 Å². The molecule has 1 aromatic carbocycles. The Kier molecular flexibility index (Phi) is 6.14. The first-order valence-corrected chi connectivity index (χ1v) is 8.82. The van der Waals surface area contributed by atoms with Crippen LogP contribution in [0, 0.1) is 0 Å². The summed E-state index contributed by atoms with van der Waals surface area (Å²) in [6.45, 7) is 5.90. The summed E-state index contributed by atoms with van der Waals surface area (Å²) < 4.78 is 37.8. The van der Waals surface area contributed by atoms with Crippen molar-refractivity contribution in [1.82, 2.24) is 0 Å². The first kappa shape index (κ1) is 16.3. The molecule has 1 atom stereocenters. The van der Waals surface area contributed by atoms with E-state index in [9.17, 15) is 13.2 Å². The number of rotatable bonds is 6. The van der Waals surface area contributed by atoms with E-state index < -0.39 is 20.5 Å². The van der Waals surface area contributed by atoms with Crippen molar-refractivity contribution in [2.24, 2.45) is 0 Å². The number of benzene rings is 1. The molecule has 1 aromatic rings. The Labute approximate surface area is 118 Å². The summed E-state index contributed by atoms with van der Waals surface area (Å²) in [7, 11) is -0.512. The Morgan fingerprint density at radius 3 is 2.68 bits per heavy atom. The van der Waals surface area contributed by atoms with Crippen LogP contribution in [0.25, 0.3) is 0 Å². The van der Waals surface area contributed by atoms with E-state index in [-0.39, 0.29) is 5.38 Å². The molecule has 0 spiro atoms. The van der Waals surface area contributed by atoms with Gasteiger partial charge in [0.05, 0.1) is 19.7 Å². The van der Waals surface area contributed by atoms with E-state index in [1.54, 1.807) is 6.07 Å². The summed E-state index contributed by atoms with van der Waals surface area (Å²) in [6.07, 6.45) is -2.70. The minimum Gasteiger partial charge on any atom is -0.166 e. The second-order valence-corrected chi connectivity index (χ2v) is 7.66. The van der Waals surface area contributed by atoms with Crippen LogP contribution in [-0.2, 0) is 6.18 Å². The third-order valence-electron chi connectivity index (χ3n) is 2.95. The molecule has 0 aliphatic rings. The van der Waals surface area contributed by atoms with Gasteiger partial charge in [-0.3, -0.25) is 0 Å². The molecule has 0 bridgehead atoms. The van der Waals surface area contributed by atoms with Gasteiger partial charge in [0.25, 0.3) is 0 Å². The van der Waals surface area contributed by atoms with E-state index in [4.69, 9.17) is 11.6 Å². The van der Waals surface area contributed by atoms with Gasteiger partial charge in [-0.05, 0) is 18.1 Å². The average molecular weight is 306 g/mol. The standard InChI is InChI=1S/C14H17ClF3Si/c1-3-19(2)9-5-8-13(15)11-6-4-7-12(10-11)14(16,17)18/h3-4,6-7,10,13H,1,5,8-9H2,2H3. The van der Waals surface area contributed by atoms with Crippen LogP contribution in [0.15, 0.2) is 36.5 Å². The molecular formula is C14H17ClF3Si. The molecule has 0 aliphatic carbocycles. The Balaban J connectivity index is 2.62. The SMILES string of the molecule is C=C[Si](C)CCCC(Cl)c1cccc(C(F)(F)F)c1. The highest BCUT2D eigenvalue weighted by atomic mass is 35.5. The van der Waals surface area contributed by atoms with Crippen molar-refractivity contribution in [3.05, 3.63) is 47.7 Å². The van der Waals surface area contributed by atoms with E-state index in [0.29, 0.717) is 12.0 Å². The molecule has 1 unspecified atom stereocenters. The summed E-state index contributed by atoms with van der Waals surface area (Å²) in [6, 6.07) is 6.32. The molecule has 105 valence electrons. The maximum atomic E-state index is 12.6. The Bertz CT molecular complexity index is 417. The molecular weight excluding hydrogens is 289 g/mol. The third kappa shape index (κ3) is 5.41. The fourth-order valence-corrected chi connectivity index (χ4v) is 2.99. The predicted molar refractivity (Wildman–Crippen MR) is 75.9 cm³/mol. The lowest BCUT2D eigenvalue weighted by atomic mass is 10.0. The maximum Gasteiger partial charge on any atom is 0.416 e. The van der Waals surface area contributed by atoms with Crippen LogP contribution in [-0.4, -0.2) is 8.80 Å². The quantitative estimate of drug-likeness (QED) is 0.473. The second kappa shape index (κ2) is 7.15. The molecule has 1 radical (unpaired) electrons. The highest BCUT2D eigenvalue weighted by Crippen LogP contribution is 2.33. The van der Waals surface area contributed by atoms with Gasteiger partial charge in [0.15, 0.2) is 0 Å². The molecule has 19 heavy (non-hydrogen) atoms. The predicted octanol–water partition coefficient (Wildman–Crippen LogP) is 5.62. The molecule has 0 saturated carbocycles. The summed E-state index contributed by atoms with van der Waals surface area (Å²) in [4.78, 5) is 0. The summed E-state index contributed by atoms with van der Waals surface area (Å²) in [5, 5.41) is -0.359. The molecule has 0 fully saturated rings. The molecule has 0 aromatic heterocycles. The van der Waals surface area contributed by atoms with Gasteiger partial charge in [0.2, 0.25) is 0 Å². The summed E-state index contributed by atoms with van der Waals surface area (Å²) >= 11 is 6.17. The van der Waals surface area contributed by atoms with Gasteiger partial charge < -0.3 is 0 Å². The van der Waals surface area contributed by atoms with Gasteiger partial charge >= 0.3 is 6.18 Å². The van der Waals surface area contributed by atoms with E-state index in [2.05, 4.69) is 13.1 Å². The van der Waals surface area contributed by atoms with Crippen molar-refractivity contribution in [3.63, 3.8) is 0 Å². The van der Waals surface area contributed by atoms with Crippen LogP contribution >= 0.6 is 11.6 Å². The fourth-order valence-electron chi connectivity index (χ4n) is 1.74.